The zero-order valence-corrected chi connectivity index (χ0v) is 15.9. The van der Waals surface area contributed by atoms with E-state index >= 15 is 0 Å². The van der Waals surface area contributed by atoms with Gasteiger partial charge >= 0.3 is 5.97 Å². The van der Waals surface area contributed by atoms with E-state index in [1.54, 1.807) is 24.4 Å². The summed E-state index contributed by atoms with van der Waals surface area (Å²) in [6, 6.07) is 21.2. The monoisotopic (exact) mass is 402 g/mol. The fourth-order valence-electron chi connectivity index (χ4n) is 3.09. The first kappa shape index (κ1) is 18.7. The number of nitrogens with one attached hydrogen (secondary N) is 1. The Balaban J connectivity index is 1.65. The third kappa shape index (κ3) is 3.95. The molecule has 29 heavy (non-hydrogen) atoms. The molecule has 6 heteroatoms. The molecule has 4 rings (SSSR count). The number of hydrogen-bond donors (Lipinski definition) is 2. The van der Waals surface area contributed by atoms with E-state index in [-0.39, 0.29) is 16.3 Å². The summed E-state index contributed by atoms with van der Waals surface area (Å²) in [7, 11) is 0. The van der Waals surface area contributed by atoms with Crippen molar-refractivity contribution < 1.29 is 14.7 Å². The number of fused-ring (bicyclic) bond motifs is 1. The average Bonchev–Trinajstić information content (AvgIpc) is 2.74. The Kier molecular flexibility index (Phi) is 4.97. The maximum absolute atomic E-state index is 12.7. The van der Waals surface area contributed by atoms with Crippen molar-refractivity contribution in [3.05, 3.63) is 95.1 Å². The van der Waals surface area contributed by atoms with Gasteiger partial charge in [-0.3, -0.25) is 9.78 Å². The van der Waals surface area contributed by atoms with E-state index in [1.807, 2.05) is 36.4 Å². The molecule has 0 unspecified atom stereocenters. The van der Waals surface area contributed by atoms with Crippen LogP contribution in [0.2, 0.25) is 5.02 Å². The minimum atomic E-state index is -1.17. The molecule has 0 aliphatic carbocycles. The standard InChI is InChI=1S/C23H15ClN2O3/c24-18-7-9-21(19(13-18)23(28)29)26-22(27)17-4-1-3-14(12-17)15-6-8-20-16(11-15)5-2-10-25-20/h1-13H,(H,26,27)(H,28,29). The number of carbonyl (C=O) groups is 2. The van der Waals surface area contributed by atoms with E-state index < -0.39 is 11.9 Å². The van der Waals surface area contributed by atoms with Gasteiger partial charge in [0.05, 0.1) is 16.8 Å². The Bertz CT molecular complexity index is 1250. The second kappa shape index (κ2) is 7.73. The highest BCUT2D eigenvalue weighted by atomic mass is 35.5. The molecule has 2 N–H and O–H groups in total. The van der Waals surface area contributed by atoms with Crippen LogP contribution in [0.25, 0.3) is 22.0 Å². The van der Waals surface area contributed by atoms with Crippen LogP contribution in [0.4, 0.5) is 5.69 Å². The highest BCUT2D eigenvalue weighted by molar-refractivity contribution is 6.31. The number of carboxylic acids is 1. The van der Waals surface area contributed by atoms with Crippen LogP contribution in [0, 0.1) is 0 Å². The lowest BCUT2D eigenvalue weighted by Gasteiger charge is -2.10. The summed E-state index contributed by atoms with van der Waals surface area (Å²) < 4.78 is 0. The first-order valence-electron chi connectivity index (χ1n) is 8.81. The Labute approximate surface area is 171 Å². The third-order valence-electron chi connectivity index (χ3n) is 4.52. The van der Waals surface area contributed by atoms with Gasteiger partial charge in [-0.15, -0.1) is 0 Å². The Hall–Kier alpha value is -3.70. The van der Waals surface area contributed by atoms with Crippen LogP contribution >= 0.6 is 11.6 Å². The number of carboxylic acid groups (broad SMARTS) is 1. The number of anilines is 1. The van der Waals surface area contributed by atoms with E-state index in [4.69, 9.17) is 11.6 Å². The van der Waals surface area contributed by atoms with Crippen LogP contribution in [0.3, 0.4) is 0 Å². The van der Waals surface area contributed by atoms with Gasteiger partial charge in [-0.1, -0.05) is 35.9 Å². The molecule has 142 valence electrons. The van der Waals surface area contributed by atoms with Crippen LogP contribution in [-0.2, 0) is 0 Å². The second-order valence-electron chi connectivity index (χ2n) is 6.44. The SMILES string of the molecule is O=C(Nc1ccc(Cl)cc1C(=O)O)c1cccc(-c2ccc3ncccc3c2)c1. The number of benzene rings is 3. The average molecular weight is 403 g/mol. The number of pyridine rings is 1. The van der Waals surface area contributed by atoms with E-state index in [1.165, 1.54) is 18.2 Å². The van der Waals surface area contributed by atoms with Crippen molar-refractivity contribution in [3.63, 3.8) is 0 Å². The first-order chi connectivity index (χ1) is 14.0. The molecule has 5 nitrogen and oxygen atoms in total. The largest absolute Gasteiger partial charge is 0.478 e. The van der Waals surface area contributed by atoms with Crippen LogP contribution in [-0.4, -0.2) is 22.0 Å². The fraction of sp³-hybridized carbons (Fsp3) is 0. The molecule has 1 heterocycles. The molecule has 0 fully saturated rings. The molecule has 0 aliphatic rings. The number of nitrogens with zero attached hydrogens (tertiary/aromatic N) is 1. The van der Waals surface area contributed by atoms with Crippen molar-refractivity contribution in [3.8, 4) is 11.1 Å². The molecule has 0 bridgehead atoms. The van der Waals surface area contributed by atoms with Gasteiger partial charge in [0.25, 0.3) is 5.91 Å². The molecule has 0 radical (unpaired) electrons. The summed E-state index contributed by atoms with van der Waals surface area (Å²) in [5.74, 6) is -1.57. The van der Waals surface area contributed by atoms with Crippen LogP contribution in [0.5, 0.6) is 0 Å². The topological polar surface area (TPSA) is 79.3 Å². The molecule has 0 saturated carbocycles. The van der Waals surface area contributed by atoms with Gasteiger partial charge in [0.1, 0.15) is 0 Å². The zero-order chi connectivity index (χ0) is 20.4. The maximum Gasteiger partial charge on any atom is 0.337 e. The predicted octanol–water partition coefficient (Wildman–Crippen LogP) is 5.51. The molecular weight excluding hydrogens is 388 g/mol. The summed E-state index contributed by atoms with van der Waals surface area (Å²) in [5.41, 5.74) is 3.27. The number of rotatable bonds is 4. The third-order valence-corrected chi connectivity index (χ3v) is 4.76. The van der Waals surface area contributed by atoms with Crippen LogP contribution in [0.15, 0.2) is 79.0 Å². The molecule has 0 aliphatic heterocycles. The normalized spacial score (nSPS) is 10.7. The summed E-state index contributed by atoms with van der Waals surface area (Å²) in [6.07, 6.45) is 1.75. The Morgan fingerprint density at radius 3 is 2.55 bits per heavy atom. The van der Waals surface area contributed by atoms with Gasteiger partial charge < -0.3 is 10.4 Å². The minimum Gasteiger partial charge on any atom is -0.478 e. The maximum atomic E-state index is 12.7. The Morgan fingerprint density at radius 1 is 0.897 bits per heavy atom. The van der Waals surface area contributed by atoms with Gasteiger partial charge in [-0.05, 0) is 59.7 Å². The Morgan fingerprint density at radius 2 is 1.72 bits per heavy atom. The number of hydrogen-bond acceptors (Lipinski definition) is 3. The summed E-state index contributed by atoms with van der Waals surface area (Å²) in [6.45, 7) is 0. The lowest BCUT2D eigenvalue weighted by atomic mass is 10.0. The lowest BCUT2D eigenvalue weighted by Crippen LogP contribution is -2.14. The number of amides is 1. The van der Waals surface area contributed by atoms with Crippen LogP contribution < -0.4 is 5.32 Å². The summed E-state index contributed by atoms with van der Waals surface area (Å²) in [4.78, 5) is 28.5. The van der Waals surface area contributed by atoms with E-state index in [2.05, 4.69) is 10.3 Å². The summed E-state index contributed by atoms with van der Waals surface area (Å²) >= 11 is 5.86. The van der Waals surface area contributed by atoms with E-state index in [0.29, 0.717) is 5.56 Å². The highest BCUT2D eigenvalue weighted by Gasteiger charge is 2.15. The minimum absolute atomic E-state index is 0.0657. The predicted molar refractivity (Wildman–Crippen MR) is 114 cm³/mol. The van der Waals surface area contributed by atoms with Crippen molar-refractivity contribution in [2.24, 2.45) is 0 Å². The molecule has 0 saturated heterocycles. The van der Waals surface area contributed by atoms with Crippen molar-refractivity contribution in [2.45, 2.75) is 0 Å². The number of carbonyl (C=O) groups excluding carboxylic acids is 1. The smallest absolute Gasteiger partial charge is 0.337 e. The van der Waals surface area contributed by atoms with Crippen molar-refractivity contribution in [1.29, 1.82) is 0 Å². The van der Waals surface area contributed by atoms with Crippen molar-refractivity contribution >= 4 is 40.1 Å². The van der Waals surface area contributed by atoms with Crippen molar-refractivity contribution in [1.82, 2.24) is 4.98 Å². The number of aromatic nitrogens is 1. The molecule has 0 spiro atoms. The van der Waals surface area contributed by atoms with Gasteiger partial charge in [0, 0.05) is 22.2 Å². The zero-order valence-electron chi connectivity index (χ0n) is 15.1. The molecule has 1 amide bonds. The quantitative estimate of drug-likeness (QED) is 0.472. The summed E-state index contributed by atoms with van der Waals surface area (Å²) in [5, 5.41) is 13.3. The van der Waals surface area contributed by atoms with E-state index in [0.717, 1.165) is 22.0 Å². The highest BCUT2D eigenvalue weighted by Crippen LogP contribution is 2.26. The fourth-order valence-corrected chi connectivity index (χ4v) is 3.26. The van der Waals surface area contributed by atoms with Gasteiger partial charge in [0.15, 0.2) is 0 Å². The van der Waals surface area contributed by atoms with Gasteiger partial charge in [-0.2, -0.15) is 0 Å². The molecule has 3 aromatic carbocycles. The van der Waals surface area contributed by atoms with Gasteiger partial charge in [0.2, 0.25) is 0 Å². The second-order valence-corrected chi connectivity index (χ2v) is 6.88. The van der Waals surface area contributed by atoms with Gasteiger partial charge in [-0.25, -0.2) is 4.79 Å². The molecule has 4 aromatic rings. The molecule has 1 aromatic heterocycles. The first-order valence-corrected chi connectivity index (χ1v) is 9.18. The lowest BCUT2D eigenvalue weighted by molar-refractivity contribution is 0.0698. The molecular formula is C23H15ClN2O3. The van der Waals surface area contributed by atoms with Crippen molar-refractivity contribution in [2.75, 3.05) is 5.32 Å². The van der Waals surface area contributed by atoms with E-state index in [9.17, 15) is 14.7 Å². The number of halogens is 1. The molecule has 0 atom stereocenters. The number of aromatic carboxylic acids is 1. The van der Waals surface area contributed by atoms with Crippen LogP contribution in [0.1, 0.15) is 20.7 Å².